The van der Waals surface area contributed by atoms with Crippen LogP contribution >= 0.6 is 11.3 Å². The second-order valence-corrected chi connectivity index (χ2v) is 7.32. The van der Waals surface area contributed by atoms with Crippen molar-refractivity contribution < 1.29 is 8.42 Å². The largest absolute Gasteiger partial charge is 0.280 e. The van der Waals surface area contributed by atoms with E-state index in [-0.39, 0.29) is 10.4 Å². The topological polar surface area (TPSA) is 87.7 Å². The summed E-state index contributed by atoms with van der Waals surface area (Å²) >= 11 is 1.26. The van der Waals surface area contributed by atoms with E-state index in [1.54, 1.807) is 0 Å². The SMILES string of the molecule is CC(C)(C)c1csc(NS(=O)(=O)c2ccn[nH]2)n1. The number of hydrogen-bond acceptors (Lipinski definition) is 5. The Morgan fingerprint density at radius 3 is 2.61 bits per heavy atom. The first-order valence-corrected chi connectivity index (χ1v) is 7.63. The summed E-state index contributed by atoms with van der Waals surface area (Å²) in [6, 6.07) is 1.39. The van der Waals surface area contributed by atoms with Crippen molar-refractivity contribution in [1.29, 1.82) is 0 Å². The first kappa shape index (κ1) is 13.0. The van der Waals surface area contributed by atoms with Crippen LogP contribution in [0.1, 0.15) is 26.5 Å². The molecule has 0 radical (unpaired) electrons. The Morgan fingerprint density at radius 1 is 1.39 bits per heavy atom. The number of anilines is 1. The molecule has 0 fully saturated rings. The monoisotopic (exact) mass is 286 g/mol. The quantitative estimate of drug-likeness (QED) is 0.903. The van der Waals surface area contributed by atoms with E-state index >= 15 is 0 Å². The fraction of sp³-hybridized carbons (Fsp3) is 0.400. The number of nitrogens with zero attached hydrogens (tertiary/aromatic N) is 2. The summed E-state index contributed by atoms with van der Waals surface area (Å²) in [5.74, 6) is 0. The molecule has 2 heterocycles. The Bertz CT molecular complexity index is 623. The summed E-state index contributed by atoms with van der Waals surface area (Å²) < 4.78 is 26.2. The molecule has 0 atom stereocenters. The second kappa shape index (κ2) is 4.36. The maximum absolute atomic E-state index is 11.9. The molecule has 2 aromatic rings. The highest BCUT2D eigenvalue weighted by molar-refractivity contribution is 7.92. The Kier molecular flexibility index (Phi) is 3.16. The van der Waals surface area contributed by atoms with Gasteiger partial charge in [0.25, 0.3) is 10.0 Å². The minimum atomic E-state index is -3.62. The molecule has 8 heteroatoms. The van der Waals surface area contributed by atoms with E-state index in [1.807, 2.05) is 26.2 Å². The third-order valence-corrected chi connectivity index (χ3v) is 4.41. The van der Waals surface area contributed by atoms with Crippen LogP contribution in [-0.4, -0.2) is 23.6 Å². The molecule has 0 aliphatic carbocycles. The summed E-state index contributed by atoms with van der Waals surface area (Å²) in [6.07, 6.45) is 1.39. The molecule has 0 amide bonds. The van der Waals surface area contributed by atoms with Crippen LogP contribution in [0.25, 0.3) is 0 Å². The van der Waals surface area contributed by atoms with E-state index in [9.17, 15) is 8.42 Å². The third-order valence-electron chi connectivity index (χ3n) is 2.26. The van der Waals surface area contributed by atoms with Gasteiger partial charge >= 0.3 is 0 Å². The molecule has 2 N–H and O–H groups in total. The van der Waals surface area contributed by atoms with Crippen molar-refractivity contribution in [1.82, 2.24) is 15.2 Å². The Hall–Kier alpha value is -1.41. The molecule has 0 saturated heterocycles. The van der Waals surface area contributed by atoms with Crippen molar-refractivity contribution in [2.45, 2.75) is 31.2 Å². The number of aromatic amines is 1. The highest BCUT2D eigenvalue weighted by Crippen LogP contribution is 2.27. The standard InChI is InChI=1S/C10H14N4O2S2/c1-10(2,3)7-6-17-9(12-7)14-18(15,16)8-4-5-11-13-8/h4-6H,1-3H3,(H,11,13)(H,12,14). The van der Waals surface area contributed by atoms with E-state index in [2.05, 4.69) is 19.9 Å². The van der Waals surface area contributed by atoms with Gasteiger partial charge in [-0.25, -0.2) is 4.98 Å². The smallest absolute Gasteiger partial charge is 0.266 e. The molecular weight excluding hydrogens is 272 g/mol. The van der Waals surface area contributed by atoms with Crippen LogP contribution < -0.4 is 4.72 Å². The molecule has 98 valence electrons. The van der Waals surface area contributed by atoms with Crippen molar-refractivity contribution in [3.8, 4) is 0 Å². The van der Waals surface area contributed by atoms with E-state index in [1.165, 1.54) is 23.6 Å². The lowest BCUT2D eigenvalue weighted by molar-refractivity contribution is 0.573. The molecule has 0 aliphatic heterocycles. The Labute approximate surface area is 110 Å². The lowest BCUT2D eigenvalue weighted by atomic mass is 9.93. The fourth-order valence-corrected chi connectivity index (χ4v) is 3.33. The second-order valence-electron chi connectivity index (χ2n) is 4.81. The lowest BCUT2D eigenvalue weighted by Gasteiger charge is -2.14. The van der Waals surface area contributed by atoms with E-state index in [0.29, 0.717) is 5.13 Å². The lowest BCUT2D eigenvalue weighted by Crippen LogP contribution is -2.15. The van der Waals surface area contributed by atoms with Crippen LogP contribution in [0.5, 0.6) is 0 Å². The molecule has 0 aromatic carbocycles. The number of aromatic nitrogens is 3. The third kappa shape index (κ3) is 2.70. The van der Waals surface area contributed by atoms with E-state index < -0.39 is 10.0 Å². The molecule has 0 spiro atoms. The number of thiazole rings is 1. The highest BCUT2D eigenvalue weighted by atomic mass is 32.2. The maximum Gasteiger partial charge on any atom is 0.280 e. The molecule has 2 rings (SSSR count). The number of rotatable bonds is 3. The van der Waals surface area contributed by atoms with Crippen LogP contribution in [0.3, 0.4) is 0 Å². The summed E-state index contributed by atoms with van der Waals surface area (Å²) in [6.45, 7) is 6.07. The van der Waals surface area contributed by atoms with Crippen molar-refractivity contribution >= 4 is 26.5 Å². The predicted octanol–water partition coefficient (Wildman–Crippen LogP) is 1.96. The van der Waals surface area contributed by atoms with E-state index in [0.717, 1.165) is 5.69 Å². The molecule has 0 bridgehead atoms. The van der Waals surface area contributed by atoms with Gasteiger partial charge in [0.2, 0.25) is 0 Å². The number of nitrogens with one attached hydrogen (secondary N) is 2. The molecular formula is C10H14N4O2S2. The minimum absolute atomic E-state index is 0.0232. The normalized spacial score (nSPS) is 12.6. The van der Waals surface area contributed by atoms with E-state index in [4.69, 9.17) is 0 Å². The van der Waals surface area contributed by atoms with Crippen molar-refractivity contribution in [3.05, 3.63) is 23.3 Å². The Balaban J connectivity index is 2.23. The van der Waals surface area contributed by atoms with Gasteiger partial charge in [0, 0.05) is 10.8 Å². The van der Waals surface area contributed by atoms with Gasteiger partial charge in [-0.1, -0.05) is 20.8 Å². The molecule has 6 nitrogen and oxygen atoms in total. The van der Waals surface area contributed by atoms with Gasteiger partial charge in [0.1, 0.15) is 0 Å². The molecule has 2 aromatic heterocycles. The van der Waals surface area contributed by atoms with Crippen LogP contribution in [0.2, 0.25) is 0 Å². The molecule has 0 saturated carbocycles. The number of sulfonamides is 1. The van der Waals surface area contributed by atoms with Crippen LogP contribution in [-0.2, 0) is 15.4 Å². The van der Waals surface area contributed by atoms with Crippen LogP contribution in [0.15, 0.2) is 22.7 Å². The highest BCUT2D eigenvalue weighted by Gasteiger charge is 2.21. The summed E-state index contributed by atoms with van der Waals surface area (Å²) in [5.41, 5.74) is 0.753. The predicted molar refractivity (Wildman–Crippen MR) is 70.2 cm³/mol. The van der Waals surface area contributed by atoms with Gasteiger partial charge in [-0.15, -0.1) is 11.3 Å². The average molecular weight is 286 g/mol. The van der Waals surface area contributed by atoms with Crippen molar-refractivity contribution in [3.63, 3.8) is 0 Å². The zero-order valence-electron chi connectivity index (χ0n) is 10.3. The fourth-order valence-electron chi connectivity index (χ4n) is 1.23. The number of hydrogen-bond donors (Lipinski definition) is 2. The Morgan fingerprint density at radius 2 is 2.11 bits per heavy atom. The van der Waals surface area contributed by atoms with Gasteiger partial charge in [0.05, 0.1) is 11.9 Å². The first-order valence-electron chi connectivity index (χ1n) is 5.27. The summed E-state index contributed by atoms with van der Waals surface area (Å²) in [7, 11) is -3.62. The molecule has 0 unspecified atom stereocenters. The maximum atomic E-state index is 11.9. The van der Waals surface area contributed by atoms with Crippen molar-refractivity contribution in [2.75, 3.05) is 4.72 Å². The van der Waals surface area contributed by atoms with Gasteiger partial charge in [-0.2, -0.15) is 13.5 Å². The minimum Gasteiger partial charge on any atom is -0.266 e. The van der Waals surface area contributed by atoms with Crippen LogP contribution in [0, 0.1) is 0 Å². The first-order chi connectivity index (χ1) is 8.29. The van der Waals surface area contributed by atoms with Gasteiger partial charge < -0.3 is 0 Å². The summed E-state index contributed by atoms with van der Waals surface area (Å²) in [4.78, 5) is 4.27. The number of H-pyrrole nitrogens is 1. The molecule has 0 aliphatic rings. The summed E-state index contributed by atoms with van der Waals surface area (Å²) in [5, 5.41) is 8.26. The zero-order chi connectivity index (χ0) is 13.4. The van der Waals surface area contributed by atoms with Crippen LogP contribution in [0.4, 0.5) is 5.13 Å². The van der Waals surface area contributed by atoms with Gasteiger partial charge in [-0.05, 0) is 6.07 Å². The average Bonchev–Trinajstić information content (AvgIpc) is 2.83. The molecule has 18 heavy (non-hydrogen) atoms. The van der Waals surface area contributed by atoms with Crippen molar-refractivity contribution in [2.24, 2.45) is 0 Å². The van der Waals surface area contributed by atoms with Gasteiger partial charge in [-0.3, -0.25) is 9.82 Å². The van der Waals surface area contributed by atoms with Gasteiger partial charge in [0.15, 0.2) is 10.2 Å². The zero-order valence-corrected chi connectivity index (χ0v) is 11.9.